The van der Waals surface area contributed by atoms with Gasteiger partial charge in [-0.2, -0.15) is 0 Å². The van der Waals surface area contributed by atoms with Crippen LogP contribution in [-0.4, -0.2) is 63.3 Å². The number of nitrogens with zero attached hydrogens (tertiary/aromatic N) is 5. The first kappa shape index (κ1) is 17.3. The third-order valence-corrected chi connectivity index (χ3v) is 4.39. The fourth-order valence-electron chi connectivity index (χ4n) is 3.22. The first-order valence-corrected chi connectivity index (χ1v) is 8.31. The summed E-state index contributed by atoms with van der Waals surface area (Å²) < 4.78 is 5.02. The van der Waals surface area contributed by atoms with Crippen LogP contribution in [0.1, 0.15) is 34.8 Å². The van der Waals surface area contributed by atoms with Crippen molar-refractivity contribution in [2.75, 3.05) is 31.6 Å². The first-order valence-electron chi connectivity index (χ1n) is 8.31. The number of piperidine rings is 1. The lowest BCUT2D eigenvalue weighted by Gasteiger charge is -2.41. The standard InChI is InChI=1S/C17H23N5O3/c1-12-8-15(19-11-18-12)22-6-4-5-17(24,10-22)9-21(3)16(23)14-7-13(2)20-25-14/h7-8,11,24H,4-6,9-10H2,1-3H3/t17-/m1/s1. The van der Waals surface area contributed by atoms with Gasteiger partial charge < -0.3 is 19.4 Å². The van der Waals surface area contributed by atoms with Gasteiger partial charge in [0.25, 0.3) is 5.91 Å². The lowest BCUT2D eigenvalue weighted by molar-refractivity contribution is -0.00107. The van der Waals surface area contributed by atoms with Gasteiger partial charge in [-0.3, -0.25) is 4.79 Å². The number of carbonyl (C=O) groups is 1. The molecule has 0 aromatic carbocycles. The van der Waals surface area contributed by atoms with E-state index in [2.05, 4.69) is 15.1 Å². The maximum absolute atomic E-state index is 12.4. The second kappa shape index (κ2) is 6.79. The average molecular weight is 345 g/mol. The molecule has 0 unspecified atom stereocenters. The van der Waals surface area contributed by atoms with Crippen molar-refractivity contribution in [1.82, 2.24) is 20.0 Å². The van der Waals surface area contributed by atoms with Crippen LogP contribution in [0.15, 0.2) is 23.0 Å². The highest BCUT2D eigenvalue weighted by atomic mass is 16.5. The number of amides is 1. The molecule has 1 saturated heterocycles. The Bertz CT molecular complexity index is 762. The Morgan fingerprint density at radius 3 is 2.84 bits per heavy atom. The molecule has 2 aromatic heterocycles. The number of likely N-dealkylation sites (N-methyl/N-ethyl adjacent to an activating group) is 1. The van der Waals surface area contributed by atoms with Gasteiger partial charge in [0, 0.05) is 38.0 Å². The zero-order valence-electron chi connectivity index (χ0n) is 14.8. The molecule has 0 spiro atoms. The Labute approximate surface area is 146 Å². The van der Waals surface area contributed by atoms with E-state index in [0.29, 0.717) is 18.7 Å². The van der Waals surface area contributed by atoms with Crippen molar-refractivity contribution in [2.45, 2.75) is 32.3 Å². The molecule has 134 valence electrons. The number of aliphatic hydroxyl groups is 1. The summed E-state index contributed by atoms with van der Waals surface area (Å²) in [6.45, 7) is 5.12. The summed E-state index contributed by atoms with van der Waals surface area (Å²) in [4.78, 5) is 24.3. The molecule has 8 heteroatoms. The minimum absolute atomic E-state index is 0.183. The summed E-state index contributed by atoms with van der Waals surface area (Å²) in [7, 11) is 1.66. The van der Waals surface area contributed by atoms with Crippen LogP contribution in [-0.2, 0) is 0 Å². The number of rotatable bonds is 4. The monoisotopic (exact) mass is 345 g/mol. The van der Waals surface area contributed by atoms with Gasteiger partial charge in [0.05, 0.1) is 17.8 Å². The minimum Gasteiger partial charge on any atom is -0.386 e. The van der Waals surface area contributed by atoms with Gasteiger partial charge >= 0.3 is 0 Å². The molecule has 2 aromatic rings. The summed E-state index contributed by atoms with van der Waals surface area (Å²) >= 11 is 0. The summed E-state index contributed by atoms with van der Waals surface area (Å²) in [6.07, 6.45) is 2.98. The molecule has 25 heavy (non-hydrogen) atoms. The zero-order valence-corrected chi connectivity index (χ0v) is 14.8. The van der Waals surface area contributed by atoms with Crippen molar-refractivity contribution in [1.29, 1.82) is 0 Å². The third-order valence-electron chi connectivity index (χ3n) is 4.39. The second-order valence-electron chi connectivity index (χ2n) is 6.76. The molecule has 0 bridgehead atoms. The predicted molar refractivity (Wildman–Crippen MR) is 91.4 cm³/mol. The molecule has 1 aliphatic rings. The van der Waals surface area contributed by atoms with Crippen molar-refractivity contribution in [3.63, 3.8) is 0 Å². The lowest BCUT2D eigenvalue weighted by Crippen LogP contribution is -2.54. The molecule has 0 radical (unpaired) electrons. The van der Waals surface area contributed by atoms with E-state index < -0.39 is 5.60 Å². The number of β-amino-alcohol motifs (C(OH)–C–C–N with tert-alkyl or cyclic N) is 1. The van der Waals surface area contributed by atoms with Gasteiger partial charge in [-0.1, -0.05) is 5.16 Å². The fraction of sp³-hybridized carbons (Fsp3) is 0.529. The third kappa shape index (κ3) is 3.96. The fourth-order valence-corrected chi connectivity index (χ4v) is 3.22. The molecule has 3 rings (SSSR count). The van der Waals surface area contributed by atoms with E-state index >= 15 is 0 Å². The van der Waals surface area contributed by atoms with Gasteiger partial charge in [0.15, 0.2) is 0 Å². The van der Waals surface area contributed by atoms with E-state index in [1.165, 1.54) is 11.2 Å². The van der Waals surface area contributed by atoms with Crippen LogP contribution in [0.4, 0.5) is 5.82 Å². The topological polar surface area (TPSA) is 95.6 Å². The van der Waals surface area contributed by atoms with E-state index in [9.17, 15) is 9.90 Å². The van der Waals surface area contributed by atoms with Crippen LogP contribution in [0.25, 0.3) is 0 Å². The smallest absolute Gasteiger partial charge is 0.292 e. The SMILES string of the molecule is Cc1cc(N2CCC[C@@](O)(CN(C)C(=O)c3cc(C)no3)C2)ncn1. The van der Waals surface area contributed by atoms with Crippen molar-refractivity contribution in [3.05, 3.63) is 35.6 Å². The zero-order chi connectivity index (χ0) is 18.0. The van der Waals surface area contributed by atoms with Crippen LogP contribution < -0.4 is 4.90 Å². The molecule has 0 aliphatic carbocycles. The maximum atomic E-state index is 12.4. The van der Waals surface area contributed by atoms with E-state index in [-0.39, 0.29) is 18.2 Å². The Morgan fingerprint density at radius 2 is 2.16 bits per heavy atom. The molecular weight excluding hydrogens is 322 g/mol. The molecule has 1 atom stereocenters. The van der Waals surface area contributed by atoms with Crippen LogP contribution >= 0.6 is 0 Å². The number of aromatic nitrogens is 3. The van der Waals surface area contributed by atoms with E-state index in [0.717, 1.165) is 24.5 Å². The summed E-state index contributed by atoms with van der Waals surface area (Å²) in [5.41, 5.74) is 0.530. The number of hydrogen-bond donors (Lipinski definition) is 1. The number of anilines is 1. The number of hydrogen-bond acceptors (Lipinski definition) is 7. The number of aryl methyl sites for hydroxylation is 2. The lowest BCUT2D eigenvalue weighted by atomic mass is 9.92. The normalized spacial score (nSPS) is 20.6. The molecular formula is C17H23N5O3. The Kier molecular flexibility index (Phi) is 4.71. The van der Waals surface area contributed by atoms with Gasteiger partial charge in [0.2, 0.25) is 5.76 Å². The molecule has 0 saturated carbocycles. The first-order chi connectivity index (χ1) is 11.9. The van der Waals surface area contributed by atoms with Crippen molar-refractivity contribution in [3.8, 4) is 0 Å². The number of carbonyl (C=O) groups excluding carboxylic acids is 1. The molecule has 1 N–H and O–H groups in total. The van der Waals surface area contributed by atoms with Crippen LogP contribution in [0, 0.1) is 13.8 Å². The van der Waals surface area contributed by atoms with E-state index in [4.69, 9.17) is 4.52 Å². The van der Waals surface area contributed by atoms with Crippen molar-refractivity contribution < 1.29 is 14.4 Å². The van der Waals surface area contributed by atoms with Gasteiger partial charge in [0.1, 0.15) is 12.1 Å². The second-order valence-corrected chi connectivity index (χ2v) is 6.76. The van der Waals surface area contributed by atoms with Crippen molar-refractivity contribution >= 4 is 11.7 Å². The molecule has 1 amide bonds. The Balaban J connectivity index is 1.69. The van der Waals surface area contributed by atoms with E-state index in [1.54, 1.807) is 20.0 Å². The summed E-state index contributed by atoms with van der Waals surface area (Å²) in [6, 6.07) is 3.50. The van der Waals surface area contributed by atoms with Crippen molar-refractivity contribution in [2.24, 2.45) is 0 Å². The van der Waals surface area contributed by atoms with Crippen LogP contribution in [0.2, 0.25) is 0 Å². The molecule has 3 heterocycles. The molecule has 1 fully saturated rings. The highest BCUT2D eigenvalue weighted by Gasteiger charge is 2.36. The van der Waals surface area contributed by atoms with Gasteiger partial charge in [-0.15, -0.1) is 0 Å². The van der Waals surface area contributed by atoms with Crippen LogP contribution in [0.3, 0.4) is 0 Å². The minimum atomic E-state index is -1.00. The molecule has 8 nitrogen and oxygen atoms in total. The largest absolute Gasteiger partial charge is 0.386 e. The average Bonchev–Trinajstić information content (AvgIpc) is 3.00. The quantitative estimate of drug-likeness (QED) is 0.889. The summed E-state index contributed by atoms with van der Waals surface area (Å²) in [5, 5.41) is 14.8. The maximum Gasteiger partial charge on any atom is 0.292 e. The molecule has 1 aliphatic heterocycles. The predicted octanol–water partition coefficient (Wildman–Crippen LogP) is 1.18. The van der Waals surface area contributed by atoms with E-state index in [1.807, 2.05) is 17.9 Å². The summed E-state index contributed by atoms with van der Waals surface area (Å²) in [5.74, 6) is 0.692. The van der Waals surface area contributed by atoms with Gasteiger partial charge in [-0.25, -0.2) is 9.97 Å². The van der Waals surface area contributed by atoms with Gasteiger partial charge in [-0.05, 0) is 26.7 Å². The highest BCUT2D eigenvalue weighted by molar-refractivity contribution is 5.91. The Hall–Kier alpha value is -2.48. The highest BCUT2D eigenvalue weighted by Crippen LogP contribution is 2.26. The Morgan fingerprint density at radius 1 is 1.36 bits per heavy atom. The van der Waals surface area contributed by atoms with Crippen LogP contribution in [0.5, 0.6) is 0 Å².